The maximum absolute atomic E-state index is 11.6. The largest absolute Gasteiger partial charge is 0.465 e. The summed E-state index contributed by atoms with van der Waals surface area (Å²) in [7, 11) is 1.36. The Balaban J connectivity index is 1.67. The fourth-order valence-corrected chi connectivity index (χ4v) is 2.39. The minimum absolute atomic E-state index is 0.386. The normalized spacial score (nSPS) is 10.2. The van der Waals surface area contributed by atoms with Crippen LogP contribution in [-0.2, 0) is 11.3 Å². The molecule has 0 unspecified atom stereocenters. The summed E-state index contributed by atoms with van der Waals surface area (Å²) in [5, 5.41) is 6.38. The highest BCUT2D eigenvalue weighted by Crippen LogP contribution is 2.17. The van der Waals surface area contributed by atoms with Gasteiger partial charge in [-0.05, 0) is 36.8 Å². The minimum atomic E-state index is -0.386. The lowest BCUT2D eigenvalue weighted by molar-refractivity contribution is 0.0601. The van der Waals surface area contributed by atoms with E-state index in [1.807, 2.05) is 12.1 Å². The zero-order valence-corrected chi connectivity index (χ0v) is 14.7. The Hall–Kier alpha value is -3.41. The van der Waals surface area contributed by atoms with E-state index in [1.54, 1.807) is 24.4 Å². The van der Waals surface area contributed by atoms with Crippen LogP contribution in [0.4, 0.5) is 17.5 Å². The predicted molar refractivity (Wildman–Crippen MR) is 102 cm³/mol. The van der Waals surface area contributed by atoms with Crippen LogP contribution in [0, 0.1) is 6.92 Å². The summed E-state index contributed by atoms with van der Waals surface area (Å²) in [6, 6.07) is 17.1. The van der Waals surface area contributed by atoms with Crippen molar-refractivity contribution in [3.63, 3.8) is 0 Å². The maximum Gasteiger partial charge on any atom is 0.337 e. The molecular weight excluding hydrogens is 328 g/mol. The smallest absolute Gasteiger partial charge is 0.337 e. The molecule has 0 bridgehead atoms. The second-order valence-corrected chi connectivity index (χ2v) is 5.80. The molecule has 132 valence electrons. The summed E-state index contributed by atoms with van der Waals surface area (Å²) >= 11 is 0. The molecule has 0 spiro atoms. The van der Waals surface area contributed by atoms with Crippen LogP contribution in [-0.4, -0.2) is 23.0 Å². The molecule has 0 fully saturated rings. The third-order valence-corrected chi connectivity index (χ3v) is 3.79. The molecule has 0 aliphatic carbocycles. The fourth-order valence-electron chi connectivity index (χ4n) is 2.39. The van der Waals surface area contributed by atoms with Crippen molar-refractivity contribution in [2.75, 3.05) is 17.7 Å². The first-order valence-corrected chi connectivity index (χ1v) is 8.22. The second-order valence-electron chi connectivity index (χ2n) is 5.80. The van der Waals surface area contributed by atoms with Crippen molar-refractivity contribution in [3.8, 4) is 0 Å². The summed E-state index contributed by atoms with van der Waals surface area (Å²) in [6.07, 6.45) is 1.68. The Morgan fingerprint density at radius 3 is 2.69 bits per heavy atom. The Labute approximate surface area is 152 Å². The van der Waals surface area contributed by atoms with Crippen LogP contribution in [0.3, 0.4) is 0 Å². The molecule has 3 aromatic rings. The number of rotatable bonds is 6. The summed E-state index contributed by atoms with van der Waals surface area (Å²) in [6.45, 7) is 2.74. The van der Waals surface area contributed by atoms with Crippen LogP contribution in [0.1, 0.15) is 21.5 Å². The van der Waals surface area contributed by atoms with E-state index in [-0.39, 0.29) is 5.97 Å². The van der Waals surface area contributed by atoms with Crippen LogP contribution in [0.25, 0.3) is 0 Å². The summed E-state index contributed by atoms with van der Waals surface area (Å²) in [4.78, 5) is 20.3. The number of hydrogen-bond donors (Lipinski definition) is 2. The molecule has 3 rings (SSSR count). The Kier molecular flexibility index (Phi) is 5.43. The van der Waals surface area contributed by atoms with Crippen LogP contribution >= 0.6 is 0 Å². The van der Waals surface area contributed by atoms with Gasteiger partial charge in [-0.1, -0.05) is 35.9 Å². The number of carbonyl (C=O) groups excluding carboxylic acids is 1. The highest BCUT2D eigenvalue weighted by molar-refractivity contribution is 5.90. The van der Waals surface area contributed by atoms with Gasteiger partial charge in [0.25, 0.3) is 0 Å². The summed E-state index contributed by atoms with van der Waals surface area (Å²) < 4.78 is 4.73. The number of esters is 1. The Morgan fingerprint density at radius 1 is 1.12 bits per heavy atom. The van der Waals surface area contributed by atoms with Crippen molar-refractivity contribution in [1.82, 2.24) is 9.97 Å². The van der Waals surface area contributed by atoms with E-state index < -0.39 is 0 Å². The molecule has 6 nitrogen and oxygen atoms in total. The van der Waals surface area contributed by atoms with Gasteiger partial charge < -0.3 is 15.4 Å². The maximum atomic E-state index is 11.6. The molecule has 2 N–H and O–H groups in total. The van der Waals surface area contributed by atoms with Gasteiger partial charge in [0.1, 0.15) is 5.82 Å². The Morgan fingerprint density at radius 2 is 1.92 bits per heavy atom. The number of methoxy groups -OCH3 is 1. The number of benzene rings is 2. The monoisotopic (exact) mass is 348 g/mol. The lowest BCUT2D eigenvalue weighted by atomic mass is 10.1. The first kappa shape index (κ1) is 17.4. The average molecular weight is 348 g/mol. The lowest BCUT2D eigenvalue weighted by Crippen LogP contribution is -2.05. The van der Waals surface area contributed by atoms with Crippen molar-refractivity contribution in [2.45, 2.75) is 13.5 Å². The number of nitrogens with zero attached hydrogens (tertiary/aromatic N) is 2. The first-order chi connectivity index (χ1) is 12.6. The van der Waals surface area contributed by atoms with Crippen LogP contribution < -0.4 is 10.6 Å². The number of hydrogen-bond acceptors (Lipinski definition) is 6. The van der Waals surface area contributed by atoms with Gasteiger partial charge in [0, 0.05) is 18.4 Å². The van der Waals surface area contributed by atoms with E-state index in [0.29, 0.717) is 29.6 Å². The van der Waals surface area contributed by atoms with Gasteiger partial charge in [-0.2, -0.15) is 4.98 Å². The molecule has 0 aliphatic heterocycles. The minimum Gasteiger partial charge on any atom is -0.465 e. The van der Waals surface area contributed by atoms with Crippen molar-refractivity contribution >= 4 is 23.4 Å². The number of anilines is 3. The zero-order chi connectivity index (χ0) is 18.4. The van der Waals surface area contributed by atoms with Gasteiger partial charge >= 0.3 is 5.97 Å². The predicted octanol–water partition coefficient (Wildman–Crippen LogP) is 3.93. The Bertz CT molecular complexity index is 894. The fraction of sp³-hybridized carbons (Fsp3) is 0.150. The van der Waals surface area contributed by atoms with Crippen LogP contribution in [0.5, 0.6) is 0 Å². The standard InChI is InChI=1S/C20H20N4O2/c1-14-6-8-15(9-7-14)13-22-18-10-11-21-20(24-18)23-17-5-3-4-16(12-17)19(25)26-2/h3-12H,13H2,1-2H3,(H2,21,22,23,24). The van der Waals surface area contributed by atoms with E-state index in [2.05, 4.69) is 51.8 Å². The van der Waals surface area contributed by atoms with Gasteiger partial charge in [-0.15, -0.1) is 0 Å². The van der Waals surface area contributed by atoms with Crippen molar-refractivity contribution in [3.05, 3.63) is 77.5 Å². The number of ether oxygens (including phenoxy) is 1. The van der Waals surface area contributed by atoms with Crippen molar-refractivity contribution < 1.29 is 9.53 Å². The molecule has 0 atom stereocenters. The van der Waals surface area contributed by atoms with Gasteiger partial charge in [0.05, 0.1) is 12.7 Å². The van der Waals surface area contributed by atoms with Crippen LogP contribution in [0.15, 0.2) is 60.8 Å². The molecule has 0 amide bonds. The third-order valence-electron chi connectivity index (χ3n) is 3.79. The number of aryl methyl sites for hydroxylation is 1. The highest BCUT2D eigenvalue weighted by atomic mass is 16.5. The van der Waals surface area contributed by atoms with Gasteiger partial charge in [0.15, 0.2) is 0 Å². The SMILES string of the molecule is COC(=O)c1cccc(Nc2nccc(NCc3ccc(C)cc3)n2)c1. The molecule has 6 heteroatoms. The van der Waals surface area contributed by atoms with E-state index in [9.17, 15) is 4.79 Å². The van der Waals surface area contributed by atoms with Crippen LogP contribution in [0.2, 0.25) is 0 Å². The molecule has 1 aromatic heterocycles. The molecule has 0 saturated carbocycles. The lowest BCUT2D eigenvalue weighted by Gasteiger charge is -2.09. The molecule has 26 heavy (non-hydrogen) atoms. The van der Waals surface area contributed by atoms with E-state index in [0.717, 1.165) is 0 Å². The topological polar surface area (TPSA) is 76.1 Å². The summed E-state index contributed by atoms with van der Waals surface area (Å²) in [5.74, 6) is 0.774. The van der Waals surface area contributed by atoms with E-state index in [1.165, 1.54) is 18.2 Å². The summed E-state index contributed by atoms with van der Waals surface area (Å²) in [5.41, 5.74) is 3.58. The molecule has 1 heterocycles. The quantitative estimate of drug-likeness (QED) is 0.658. The molecule has 0 aliphatic rings. The van der Waals surface area contributed by atoms with Crippen molar-refractivity contribution in [2.24, 2.45) is 0 Å². The first-order valence-electron chi connectivity index (χ1n) is 8.22. The van der Waals surface area contributed by atoms with Crippen molar-refractivity contribution in [1.29, 1.82) is 0 Å². The second kappa shape index (κ2) is 8.11. The van der Waals surface area contributed by atoms with Gasteiger partial charge in [-0.25, -0.2) is 9.78 Å². The third kappa shape index (κ3) is 4.57. The molecule has 2 aromatic carbocycles. The van der Waals surface area contributed by atoms with Gasteiger partial charge in [-0.3, -0.25) is 0 Å². The number of aromatic nitrogens is 2. The molecule has 0 radical (unpaired) electrons. The number of carbonyl (C=O) groups is 1. The highest BCUT2D eigenvalue weighted by Gasteiger charge is 2.07. The van der Waals surface area contributed by atoms with E-state index >= 15 is 0 Å². The zero-order valence-electron chi connectivity index (χ0n) is 14.7. The molecule has 0 saturated heterocycles. The molecular formula is C20H20N4O2. The number of nitrogens with one attached hydrogen (secondary N) is 2. The van der Waals surface area contributed by atoms with Gasteiger partial charge in [0.2, 0.25) is 5.95 Å². The average Bonchev–Trinajstić information content (AvgIpc) is 2.67. The van der Waals surface area contributed by atoms with E-state index in [4.69, 9.17) is 4.74 Å².